The minimum Gasteiger partial charge on any atom is -0.331 e. The highest BCUT2D eigenvalue weighted by atomic mass is 79.9. The molecule has 0 aliphatic heterocycles. The Bertz CT molecular complexity index is 614. The average Bonchev–Trinajstić information content (AvgIpc) is 2.10. The van der Waals surface area contributed by atoms with E-state index in [0.29, 0.717) is 10.2 Å². The number of H-pyrrole nitrogens is 2. The first kappa shape index (κ1) is 9.61. The van der Waals surface area contributed by atoms with Crippen molar-refractivity contribution in [3.05, 3.63) is 37.3 Å². The lowest BCUT2D eigenvalue weighted by Crippen LogP contribution is -2.09. The molecule has 0 radical (unpaired) electrons. The standard InChI is InChI=1S/C9H7BrN2OS/c1-4-2-3-5(10)6-7(4)11-9(14)12-8(6)13/h2-3H,1H3,(H2,11,12,13,14). The fourth-order valence-corrected chi connectivity index (χ4v) is 2.08. The molecule has 3 nitrogen and oxygen atoms in total. The predicted octanol–water partition coefficient (Wildman–Crippen LogP) is 2.66. The van der Waals surface area contributed by atoms with Crippen molar-refractivity contribution >= 4 is 39.1 Å². The Morgan fingerprint density at radius 1 is 1.36 bits per heavy atom. The van der Waals surface area contributed by atoms with Crippen molar-refractivity contribution in [2.75, 3.05) is 0 Å². The topological polar surface area (TPSA) is 48.6 Å². The second-order valence-electron chi connectivity index (χ2n) is 3.02. The van der Waals surface area contributed by atoms with Crippen LogP contribution in [0.2, 0.25) is 0 Å². The summed E-state index contributed by atoms with van der Waals surface area (Å²) in [6.07, 6.45) is 0. The lowest BCUT2D eigenvalue weighted by atomic mass is 10.1. The van der Waals surface area contributed by atoms with Gasteiger partial charge in [0.15, 0.2) is 4.77 Å². The molecule has 5 heteroatoms. The van der Waals surface area contributed by atoms with Crippen molar-refractivity contribution in [1.29, 1.82) is 0 Å². The molecule has 1 heterocycles. The van der Waals surface area contributed by atoms with Gasteiger partial charge in [0.05, 0.1) is 10.9 Å². The van der Waals surface area contributed by atoms with Gasteiger partial charge in [0.1, 0.15) is 0 Å². The zero-order chi connectivity index (χ0) is 10.3. The predicted molar refractivity (Wildman–Crippen MR) is 62.2 cm³/mol. The first-order valence-electron chi connectivity index (χ1n) is 4.01. The lowest BCUT2D eigenvalue weighted by molar-refractivity contribution is 1.13. The highest BCUT2D eigenvalue weighted by Crippen LogP contribution is 2.21. The van der Waals surface area contributed by atoms with Gasteiger partial charge >= 0.3 is 0 Å². The molecule has 14 heavy (non-hydrogen) atoms. The van der Waals surface area contributed by atoms with Gasteiger partial charge in [-0.1, -0.05) is 6.07 Å². The Morgan fingerprint density at radius 2 is 2.07 bits per heavy atom. The minimum atomic E-state index is -0.167. The number of aromatic nitrogens is 2. The Kier molecular flexibility index (Phi) is 2.28. The molecule has 0 aliphatic rings. The fourth-order valence-electron chi connectivity index (χ4n) is 1.37. The van der Waals surface area contributed by atoms with Crippen molar-refractivity contribution in [3.63, 3.8) is 0 Å². The normalized spacial score (nSPS) is 10.7. The summed E-state index contributed by atoms with van der Waals surface area (Å²) in [6, 6.07) is 3.78. The monoisotopic (exact) mass is 270 g/mol. The summed E-state index contributed by atoms with van der Waals surface area (Å²) in [6.45, 7) is 1.93. The molecule has 0 spiro atoms. The summed E-state index contributed by atoms with van der Waals surface area (Å²) < 4.78 is 1.12. The molecule has 0 atom stereocenters. The molecule has 1 aromatic carbocycles. The zero-order valence-corrected chi connectivity index (χ0v) is 9.75. The number of fused-ring (bicyclic) bond motifs is 1. The molecular formula is C9H7BrN2OS. The third kappa shape index (κ3) is 1.42. The quantitative estimate of drug-likeness (QED) is 0.724. The number of hydrogen-bond acceptors (Lipinski definition) is 2. The molecule has 0 saturated carbocycles. The van der Waals surface area contributed by atoms with E-state index in [1.54, 1.807) is 0 Å². The van der Waals surface area contributed by atoms with E-state index in [1.807, 2.05) is 19.1 Å². The second-order valence-corrected chi connectivity index (χ2v) is 4.29. The number of aryl methyl sites for hydroxylation is 1. The van der Waals surface area contributed by atoms with E-state index in [4.69, 9.17) is 12.2 Å². The van der Waals surface area contributed by atoms with Crippen molar-refractivity contribution in [2.45, 2.75) is 6.92 Å². The Morgan fingerprint density at radius 3 is 2.79 bits per heavy atom. The van der Waals surface area contributed by atoms with Gasteiger partial charge in [-0.2, -0.15) is 0 Å². The molecule has 2 rings (SSSR count). The molecule has 2 aromatic rings. The summed E-state index contributed by atoms with van der Waals surface area (Å²) in [5.74, 6) is 0. The van der Waals surface area contributed by atoms with Crippen LogP contribution in [0, 0.1) is 11.7 Å². The third-order valence-corrected chi connectivity index (χ3v) is 2.92. The van der Waals surface area contributed by atoms with Gasteiger partial charge in [-0.3, -0.25) is 9.78 Å². The summed E-state index contributed by atoms with van der Waals surface area (Å²) >= 11 is 8.24. The number of hydrogen-bond donors (Lipinski definition) is 2. The number of benzene rings is 1. The van der Waals surface area contributed by atoms with Gasteiger partial charge in [-0.25, -0.2) is 0 Å². The Labute approximate surface area is 93.3 Å². The van der Waals surface area contributed by atoms with Gasteiger partial charge in [0.2, 0.25) is 0 Å². The Balaban J connectivity index is 3.16. The molecule has 1 aromatic heterocycles. The van der Waals surface area contributed by atoms with Gasteiger partial charge in [0.25, 0.3) is 5.56 Å². The van der Waals surface area contributed by atoms with E-state index in [9.17, 15) is 4.79 Å². The molecule has 0 bridgehead atoms. The van der Waals surface area contributed by atoms with Gasteiger partial charge in [-0.05, 0) is 46.7 Å². The first-order chi connectivity index (χ1) is 6.59. The van der Waals surface area contributed by atoms with Crippen LogP contribution >= 0.6 is 28.1 Å². The molecule has 0 saturated heterocycles. The van der Waals surface area contributed by atoms with Crippen LogP contribution in [0.4, 0.5) is 0 Å². The van der Waals surface area contributed by atoms with Crippen LogP contribution in [0.15, 0.2) is 21.4 Å². The SMILES string of the molecule is Cc1ccc(Br)c2c(=O)[nH]c(=S)[nH]c12. The van der Waals surface area contributed by atoms with E-state index in [-0.39, 0.29) is 5.56 Å². The number of halogens is 1. The second kappa shape index (κ2) is 3.33. The fraction of sp³-hybridized carbons (Fsp3) is 0.111. The van der Waals surface area contributed by atoms with E-state index < -0.39 is 0 Å². The average molecular weight is 271 g/mol. The van der Waals surface area contributed by atoms with E-state index in [1.165, 1.54) is 0 Å². The van der Waals surface area contributed by atoms with Crippen molar-refractivity contribution < 1.29 is 0 Å². The largest absolute Gasteiger partial charge is 0.331 e. The smallest absolute Gasteiger partial charge is 0.260 e. The molecule has 0 unspecified atom stereocenters. The molecule has 0 fully saturated rings. The summed E-state index contributed by atoms with van der Waals surface area (Å²) in [4.78, 5) is 17.1. The molecule has 0 aliphatic carbocycles. The maximum Gasteiger partial charge on any atom is 0.260 e. The lowest BCUT2D eigenvalue weighted by Gasteiger charge is -2.02. The Hall–Kier alpha value is -0.940. The van der Waals surface area contributed by atoms with E-state index in [2.05, 4.69) is 25.9 Å². The maximum absolute atomic E-state index is 11.6. The molecule has 72 valence electrons. The van der Waals surface area contributed by atoms with Gasteiger partial charge in [0, 0.05) is 4.47 Å². The van der Waals surface area contributed by atoms with E-state index in [0.717, 1.165) is 15.6 Å². The van der Waals surface area contributed by atoms with Crippen LogP contribution in [0.1, 0.15) is 5.56 Å². The van der Waals surface area contributed by atoms with Crippen LogP contribution < -0.4 is 5.56 Å². The van der Waals surface area contributed by atoms with Crippen molar-refractivity contribution in [2.24, 2.45) is 0 Å². The molecule has 2 N–H and O–H groups in total. The van der Waals surface area contributed by atoms with Crippen molar-refractivity contribution in [1.82, 2.24) is 9.97 Å². The van der Waals surface area contributed by atoms with Gasteiger partial charge in [-0.15, -0.1) is 0 Å². The molecule has 0 amide bonds. The first-order valence-corrected chi connectivity index (χ1v) is 5.21. The molecular weight excluding hydrogens is 264 g/mol. The number of rotatable bonds is 0. The highest BCUT2D eigenvalue weighted by molar-refractivity contribution is 9.10. The summed E-state index contributed by atoms with van der Waals surface area (Å²) in [7, 11) is 0. The highest BCUT2D eigenvalue weighted by Gasteiger charge is 2.05. The van der Waals surface area contributed by atoms with Crippen LogP contribution in [0.25, 0.3) is 10.9 Å². The minimum absolute atomic E-state index is 0.167. The van der Waals surface area contributed by atoms with E-state index >= 15 is 0 Å². The number of aromatic amines is 2. The van der Waals surface area contributed by atoms with Crippen LogP contribution in [0.3, 0.4) is 0 Å². The summed E-state index contributed by atoms with van der Waals surface area (Å²) in [5, 5.41) is 0.610. The van der Waals surface area contributed by atoms with Crippen LogP contribution in [0.5, 0.6) is 0 Å². The van der Waals surface area contributed by atoms with Crippen LogP contribution in [-0.2, 0) is 0 Å². The third-order valence-electron chi connectivity index (χ3n) is 2.06. The van der Waals surface area contributed by atoms with Gasteiger partial charge < -0.3 is 4.98 Å². The maximum atomic E-state index is 11.6. The summed E-state index contributed by atoms with van der Waals surface area (Å²) in [5.41, 5.74) is 1.62. The van der Waals surface area contributed by atoms with Crippen molar-refractivity contribution in [3.8, 4) is 0 Å². The zero-order valence-electron chi connectivity index (χ0n) is 7.35. The van der Waals surface area contributed by atoms with Crippen LogP contribution in [-0.4, -0.2) is 9.97 Å². The number of nitrogens with one attached hydrogen (secondary N) is 2.